The van der Waals surface area contributed by atoms with Crippen LogP contribution in [-0.4, -0.2) is 48.5 Å². The third-order valence-corrected chi connectivity index (χ3v) is 6.24. The summed E-state index contributed by atoms with van der Waals surface area (Å²) in [5, 5.41) is 11.8. The monoisotopic (exact) mass is 443 g/mol. The van der Waals surface area contributed by atoms with Gasteiger partial charge in [0, 0.05) is 37.1 Å². The van der Waals surface area contributed by atoms with Gasteiger partial charge in [-0.25, -0.2) is 9.59 Å². The zero-order valence-electron chi connectivity index (χ0n) is 19.1. The van der Waals surface area contributed by atoms with Crippen LogP contribution in [0, 0.1) is 5.92 Å². The summed E-state index contributed by atoms with van der Waals surface area (Å²) in [7, 11) is 0. The Morgan fingerprint density at radius 1 is 0.938 bits per heavy atom. The largest absolute Gasteiger partial charge is 0.356 e. The number of urea groups is 2. The van der Waals surface area contributed by atoms with Gasteiger partial charge >= 0.3 is 12.1 Å². The van der Waals surface area contributed by atoms with Crippen LogP contribution in [0.4, 0.5) is 21.0 Å². The number of nitrogens with zero attached hydrogens (tertiary/aromatic N) is 1. The van der Waals surface area contributed by atoms with E-state index in [0.717, 1.165) is 38.5 Å². The van der Waals surface area contributed by atoms with Gasteiger partial charge in [-0.05, 0) is 56.4 Å². The Morgan fingerprint density at radius 2 is 1.62 bits per heavy atom. The van der Waals surface area contributed by atoms with Gasteiger partial charge in [0.15, 0.2) is 0 Å². The van der Waals surface area contributed by atoms with Gasteiger partial charge in [0.1, 0.15) is 0 Å². The fourth-order valence-corrected chi connectivity index (χ4v) is 4.35. The quantitative estimate of drug-likeness (QED) is 0.472. The molecule has 1 saturated heterocycles. The van der Waals surface area contributed by atoms with Gasteiger partial charge in [-0.3, -0.25) is 4.79 Å². The first-order valence-corrected chi connectivity index (χ1v) is 12.1. The van der Waals surface area contributed by atoms with E-state index in [2.05, 4.69) is 28.2 Å². The lowest BCUT2D eigenvalue weighted by atomic mass is 9.96. The maximum absolute atomic E-state index is 12.7. The summed E-state index contributed by atoms with van der Waals surface area (Å²) in [6, 6.07) is 6.95. The van der Waals surface area contributed by atoms with Crippen LogP contribution in [0.3, 0.4) is 0 Å². The molecule has 1 aliphatic carbocycles. The van der Waals surface area contributed by atoms with Gasteiger partial charge in [0.2, 0.25) is 5.91 Å². The van der Waals surface area contributed by atoms with Crippen LogP contribution in [0.2, 0.25) is 0 Å². The average molecular weight is 444 g/mol. The first-order chi connectivity index (χ1) is 15.5. The van der Waals surface area contributed by atoms with Crippen molar-refractivity contribution in [1.29, 1.82) is 0 Å². The summed E-state index contributed by atoms with van der Waals surface area (Å²) in [5.74, 6) is -0.113. The molecule has 176 valence electrons. The average Bonchev–Trinajstić information content (AvgIpc) is 2.81. The van der Waals surface area contributed by atoms with Gasteiger partial charge in [0.25, 0.3) is 0 Å². The second kappa shape index (κ2) is 12.3. The Kier molecular flexibility index (Phi) is 9.19. The molecule has 1 aromatic rings. The van der Waals surface area contributed by atoms with E-state index in [9.17, 15) is 14.4 Å². The van der Waals surface area contributed by atoms with Crippen LogP contribution in [0.25, 0.3) is 0 Å². The topological polar surface area (TPSA) is 103 Å². The molecule has 8 heteroatoms. The molecular weight excluding hydrogens is 406 g/mol. The molecule has 8 nitrogen and oxygen atoms in total. The number of hydrogen-bond acceptors (Lipinski definition) is 3. The Morgan fingerprint density at radius 3 is 2.31 bits per heavy atom. The maximum Gasteiger partial charge on any atom is 0.321 e. The predicted octanol–water partition coefficient (Wildman–Crippen LogP) is 4.30. The molecule has 1 saturated carbocycles. The van der Waals surface area contributed by atoms with Crippen molar-refractivity contribution in [2.45, 2.75) is 70.8 Å². The van der Waals surface area contributed by atoms with Gasteiger partial charge in [-0.2, -0.15) is 0 Å². The number of hydrogen-bond donors (Lipinski definition) is 4. The molecule has 1 atom stereocenters. The molecule has 4 N–H and O–H groups in total. The van der Waals surface area contributed by atoms with Gasteiger partial charge in [-0.1, -0.05) is 32.6 Å². The van der Waals surface area contributed by atoms with E-state index in [1.165, 1.54) is 19.3 Å². The standard InChI is InChI=1S/C24H37N5O3/c1-2-3-15-25-22(30)18-8-7-16-29(17-18)24(32)28-21-13-11-20(12-14-21)27-23(31)26-19-9-5-4-6-10-19/h11-14,18-19H,2-10,15-17H2,1H3,(H,25,30)(H,28,32)(H2,26,27,31)/t18-/m1/s1. The number of carbonyl (C=O) groups is 3. The SMILES string of the molecule is CCCCNC(=O)[C@@H]1CCCN(C(=O)Nc2ccc(NC(=O)NC3CCCCC3)cc2)C1. The fraction of sp³-hybridized carbons (Fsp3) is 0.625. The smallest absolute Gasteiger partial charge is 0.321 e. The number of carbonyl (C=O) groups excluding carboxylic acids is 3. The minimum Gasteiger partial charge on any atom is -0.356 e. The first kappa shape index (κ1) is 23.9. The lowest BCUT2D eigenvalue weighted by Crippen LogP contribution is -2.47. The van der Waals surface area contributed by atoms with Crippen LogP contribution >= 0.6 is 0 Å². The molecule has 2 fully saturated rings. The summed E-state index contributed by atoms with van der Waals surface area (Å²) >= 11 is 0. The zero-order valence-corrected chi connectivity index (χ0v) is 19.1. The highest BCUT2D eigenvalue weighted by Crippen LogP contribution is 2.20. The normalized spacial score (nSPS) is 19.2. The molecule has 1 aromatic carbocycles. The summed E-state index contributed by atoms with van der Waals surface area (Å²) in [6.45, 7) is 3.86. The summed E-state index contributed by atoms with van der Waals surface area (Å²) in [4.78, 5) is 38.9. The minimum atomic E-state index is -0.202. The van der Waals surface area contributed by atoms with Crippen LogP contribution in [0.15, 0.2) is 24.3 Å². The number of benzene rings is 1. The Bertz CT molecular complexity index is 761. The Balaban J connectivity index is 1.44. The second-order valence-corrected chi connectivity index (χ2v) is 8.87. The van der Waals surface area contributed by atoms with E-state index < -0.39 is 0 Å². The number of anilines is 2. The maximum atomic E-state index is 12.7. The van der Waals surface area contributed by atoms with Crippen molar-refractivity contribution in [3.05, 3.63) is 24.3 Å². The van der Waals surface area contributed by atoms with E-state index in [4.69, 9.17) is 0 Å². The molecule has 5 amide bonds. The molecule has 32 heavy (non-hydrogen) atoms. The number of piperidine rings is 1. The summed E-state index contributed by atoms with van der Waals surface area (Å²) < 4.78 is 0. The third kappa shape index (κ3) is 7.43. The van der Waals surface area contributed by atoms with Crippen LogP contribution in [0.1, 0.15) is 64.7 Å². The van der Waals surface area contributed by atoms with E-state index in [1.54, 1.807) is 29.2 Å². The van der Waals surface area contributed by atoms with Crippen molar-refractivity contribution >= 4 is 29.3 Å². The lowest BCUT2D eigenvalue weighted by molar-refractivity contribution is -0.126. The van der Waals surface area contributed by atoms with Gasteiger partial charge < -0.3 is 26.2 Å². The zero-order chi connectivity index (χ0) is 22.8. The Labute approximate surface area is 190 Å². The van der Waals surface area contributed by atoms with E-state index in [-0.39, 0.29) is 29.9 Å². The van der Waals surface area contributed by atoms with Crippen LogP contribution < -0.4 is 21.3 Å². The van der Waals surface area contributed by atoms with Gasteiger partial charge in [0.05, 0.1) is 5.92 Å². The van der Waals surface area contributed by atoms with E-state index in [1.807, 2.05) is 0 Å². The van der Waals surface area contributed by atoms with Crippen molar-refractivity contribution in [2.24, 2.45) is 5.92 Å². The fourth-order valence-electron chi connectivity index (χ4n) is 4.35. The molecule has 0 bridgehead atoms. The molecule has 2 aliphatic rings. The number of rotatable bonds is 7. The lowest BCUT2D eigenvalue weighted by Gasteiger charge is -2.32. The van der Waals surface area contributed by atoms with Crippen molar-refractivity contribution in [2.75, 3.05) is 30.3 Å². The summed E-state index contributed by atoms with van der Waals surface area (Å²) in [6.07, 6.45) is 9.29. The van der Waals surface area contributed by atoms with E-state index in [0.29, 0.717) is 31.0 Å². The molecule has 0 aromatic heterocycles. The molecule has 0 unspecified atom stereocenters. The van der Waals surface area contributed by atoms with Crippen LogP contribution in [-0.2, 0) is 4.79 Å². The van der Waals surface area contributed by atoms with Crippen molar-refractivity contribution in [1.82, 2.24) is 15.5 Å². The minimum absolute atomic E-state index is 0.0397. The third-order valence-electron chi connectivity index (χ3n) is 6.24. The van der Waals surface area contributed by atoms with E-state index >= 15 is 0 Å². The molecule has 3 rings (SSSR count). The summed E-state index contributed by atoms with van der Waals surface area (Å²) in [5.41, 5.74) is 1.33. The highest BCUT2D eigenvalue weighted by molar-refractivity contribution is 5.92. The second-order valence-electron chi connectivity index (χ2n) is 8.87. The molecule has 1 heterocycles. The molecular formula is C24H37N5O3. The van der Waals surface area contributed by atoms with Crippen molar-refractivity contribution in [3.63, 3.8) is 0 Å². The highest BCUT2D eigenvalue weighted by atomic mass is 16.2. The van der Waals surface area contributed by atoms with Crippen molar-refractivity contribution < 1.29 is 14.4 Å². The number of nitrogens with one attached hydrogen (secondary N) is 4. The molecule has 0 spiro atoms. The highest BCUT2D eigenvalue weighted by Gasteiger charge is 2.28. The Hall–Kier alpha value is -2.77. The number of unbranched alkanes of at least 4 members (excludes halogenated alkanes) is 1. The number of likely N-dealkylation sites (tertiary alicyclic amines) is 1. The molecule has 0 radical (unpaired) electrons. The van der Waals surface area contributed by atoms with Gasteiger partial charge in [-0.15, -0.1) is 0 Å². The van der Waals surface area contributed by atoms with Crippen molar-refractivity contribution in [3.8, 4) is 0 Å². The van der Waals surface area contributed by atoms with Crippen LogP contribution in [0.5, 0.6) is 0 Å². The first-order valence-electron chi connectivity index (χ1n) is 12.1. The number of amides is 5. The molecule has 1 aliphatic heterocycles. The predicted molar refractivity (Wildman–Crippen MR) is 127 cm³/mol.